The summed E-state index contributed by atoms with van der Waals surface area (Å²) in [5.41, 5.74) is 0.723. The molecule has 2 fully saturated rings. The highest BCUT2D eigenvalue weighted by molar-refractivity contribution is 5.48. The van der Waals surface area contributed by atoms with Gasteiger partial charge < -0.3 is 9.69 Å². The van der Waals surface area contributed by atoms with Crippen LogP contribution >= 0.6 is 0 Å². The van der Waals surface area contributed by atoms with Crippen LogP contribution in [-0.4, -0.2) is 31.3 Å². The summed E-state index contributed by atoms with van der Waals surface area (Å²) in [5.74, 6) is 0.939. The number of aldehydes is 1. The summed E-state index contributed by atoms with van der Waals surface area (Å²) in [4.78, 5) is 12.5. The van der Waals surface area contributed by atoms with Gasteiger partial charge in [-0.15, -0.1) is 0 Å². The number of carbonyl (C=O) groups excluding carboxylic acids is 1. The van der Waals surface area contributed by atoms with Gasteiger partial charge in [0, 0.05) is 19.5 Å². The Morgan fingerprint density at radius 3 is 2.69 bits per heavy atom. The number of likely N-dealkylation sites (tertiary alicyclic amines) is 1. The van der Waals surface area contributed by atoms with Gasteiger partial charge in [0.05, 0.1) is 0 Å². The summed E-state index contributed by atoms with van der Waals surface area (Å²) in [6, 6.07) is 0. The number of carbonyl (C=O) groups is 1. The quantitative estimate of drug-likeness (QED) is 0.486. The van der Waals surface area contributed by atoms with E-state index in [2.05, 4.69) is 11.9 Å². The maximum absolute atomic E-state index is 10.1. The Morgan fingerprint density at radius 2 is 2.15 bits per heavy atom. The summed E-state index contributed by atoms with van der Waals surface area (Å²) < 4.78 is 0. The van der Waals surface area contributed by atoms with Gasteiger partial charge >= 0.3 is 0 Å². The highest BCUT2D eigenvalue weighted by Crippen LogP contribution is 2.52. The maximum Gasteiger partial charge on any atom is 0.119 e. The zero-order valence-electron chi connectivity index (χ0n) is 8.46. The second-order valence-corrected chi connectivity index (χ2v) is 5.04. The van der Waals surface area contributed by atoms with Gasteiger partial charge in [-0.1, -0.05) is 0 Å². The highest BCUT2D eigenvalue weighted by Gasteiger charge is 2.50. The molecule has 2 nitrogen and oxygen atoms in total. The van der Waals surface area contributed by atoms with Gasteiger partial charge in [-0.2, -0.15) is 0 Å². The summed E-state index contributed by atoms with van der Waals surface area (Å²) in [7, 11) is 2.20. The molecule has 0 unspecified atom stereocenters. The van der Waals surface area contributed by atoms with Crippen LogP contribution in [-0.2, 0) is 4.79 Å². The molecule has 0 bridgehead atoms. The average Bonchev–Trinajstić information content (AvgIpc) is 1.97. The van der Waals surface area contributed by atoms with Crippen molar-refractivity contribution in [2.45, 2.75) is 32.1 Å². The van der Waals surface area contributed by atoms with Crippen molar-refractivity contribution >= 4 is 6.29 Å². The normalized spacial score (nSPS) is 26.8. The molecule has 0 aromatic rings. The number of hydrogen-bond acceptors (Lipinski definition) is 2. The molecule has 1 saturated carbocycles. The van der Waals surface area contributed by atoms with E-state index in [4.69, 9.17) is 0 Å². The van der Waals surface area contributed by atoms with Gasteiger partial charge in [0.25, 0.3) is 0 Å². The van der Waals surface area contributed by atoms with E-state index in [1.165, 1.54) is 32.4 Å². The zero-order valence-corrected chi connectivity index (χ0v) is 8.46. The van der Waals surface area contributed by atoms with E-state index >= 15 is 0 Å². The molecule has 0 atom stereocenters. The fraction of sp³-hybridized carbons (Fsp3) is 0.909. The van der Waals surface area contributed by atoms with Gasteiger partial charge in [0.1, 0.15) is 6.29 Å². The van der Waals surface area contributed by atoms with Crippen molar-refractivity contribution in [3.63, 3.8) is 0 Å². The van der Waals surface area contributed by atoms with E-state index < -0.39 is 0 Å². The fourth-order valence-electron chi connectivity index (χ4n) is 3.22. The van der Waals surface area contributed by atoms with E-state index in [0.29, 0.717) is 0 Å². The second-order valence-electron chi connectivity index (χ2n) is 5.04. The van der Waals surface area contributed by atoms with Crippen molar-refractivity contribution in [1.82, 2.24) is 4.90 Å². The molecule has 2 rings (SSSR count). The van der Waals surface area contributed by atoms with Crippen molar-refractivity contribution in [2.24, 2.45) is 11.3 Å². The summed E-state index contributed by atoms with van der Waals surface area (Å²) in [5, 5.41) is 0. The maximum atomic E-state index is 10.1. The highest BCUT2D eigenvalue weighted by atomic mass is 16.1. The lowest BCUT2D eigenvalue weighted by Gasteiger charge is -2.58. The summed E-state index contributed by atoms with van der Waals surface area (Å²) in [6.07, 6.45) is 7.06. The van der Waals surface area contributed by atoms with Crippen LogP contribution in [0.5, 0.6) is 0 Å². The van der Waals surface area contributed by atoms with Crippen molar-refractivity contribution in [3.8, 4) is 0 Å². The molecule has 0 aromatic heterocycles. The van der Waals surface area contributed by atoms with Crippen LogP contribution in [0.4, 0.5) is 0 Å². The number of unbranched alkanes of at least 4 members (excludes halogenated alkanes) is 1. The minimum atomic E-state index is 0.723. The minimum Gasteiger partial charge on any atom is -0.305 e. The molecule has 0 radical (unpaired) electrons. The van der Waals surface area contributed by atoms with Crippen LogP contribution in [0.2, 0.25) is 0 Å². The van der Waals surface area contributed by atoms with E-state index in [1.54, 1.807) is 0 Å². The Kier molecular flexibility index (Phi) is 2.41. The topological polar surface area (TPSA) is 20.3 Å². The van der Waals surface area contributed by atoms with Crippen molar-refractivity contribution in [2.75, 3.05) is 20.1 Å². The Hall–Kier alpha value is -0.370. The predicted octanol–water partition coefficient (Wildman–Crippen LogP) is 1.70. The molecular formula is C11H19NO. The molecule has 13 heavy (non-hydrogen) atoms. The second kappa shape index (κ2) is 3.41. The molecular weight excluding hydrogens is 162 g/mol. The molecule has 2 aliphatic rings. The van der Waals surface area contributed by atoms with Crippen molar-refractivity contribution < 1.29 is 4.79 Å². The third-order valence-corrected chi connectivity index (χ3v) is 3.59. The minimum absolute atomic E-state index is 0.723. The molecule has 1 aliphatic heterocycles. The molecule has 74 valence electrons. The largest absolute Gasteiger partial charge is 0.305 e. The van der Waals surface area contributed by atoms with E-state index in [0.717, 1.165) is 30.5 Å². The van der Waals surface area contributed by atoms with Crippen molar-refractivity contribution in [3.05, 3.63) is 0 Å². The molecule has 1 spiro atoms. The Bertz CT molecular complexity index is 188. The first-order chi connectivity index (χ1) is 6.24. The average molecular weight is 181 g/mol. The summed E-state index contributed by atoms with van der Waals surface area (Å²) >= 11 is 0. The third kappa shape index (κ3) is 1.78. The monoisotopic (exact) mass is 181 g/mol. The van der Waals surface area contributed by atoms with E-state index in [9.17, 15) is 4.79 Å². The van der Waals surface area contributed by atoms with Gasteiger partial charge in [0.15, 0.2) is 0 Å². The first kappa shape index (κ1) is 9.20. The van der Waals surface area contributed by atoms with E-state index in [-0.39, 0.29) is 0 Å². The SMILES string of the molecule is CN1CC2(CC(CCCC=O)C2)C1. The lowest BCUT2D eigenvalue weighted by atomic mass is 9.57. The van der Waals surface area contributed by atoms with Crippen molar-refractivity contribution in [1.29, 1.82) is 0 Å². The number of hydrogen-bond donors (Lipinski definition) is 0. The first-order valence-corrected chi connectivity index (χ1v) is 5.36. The lowest BCUT2D eigenvalue weighted by molar-refractivity contribution is -0.108. The summed E-state index contributed by atoms with van der Waals surface area (Å²) in [6.45, 7) is 2.63. The third-order valence-electron chi connectivity index (χ3n) is 3.59. The number of nitrogens with zero attached hydrogens (tertiary/aromatic N) is 1. The Morgan fingerprint density at radius 1 is 1.46 bits per heavy atom. The molecule has 2 heteroatoms. The molecule has 1 saturated heterocycles. The van der Waals surface area contributed by atoms with Gasteiger partial charge in [-0.3, -0.25) is 0 Å². The number of rotatable bonds is 4. The lowest BCUT2D eigenvalue weighted by Crippen LogP contribution is -2.60. The van der Waals surface area contributed by atoms with Crippen LogP contribution in [0.15, 0.2) is 0 Å². The standard InChI is InChI=1S/C11H19NO/c1-12-8-11(9-12)6-10(7-11)4-2-3-5-13/h5,10H,2-4,6-9H2,1H3. The van der Waals surface area contributed by atoms with E-state index in [1.807, 2.05) is 0 Å². The van der Waals surface area contributed by atoms with Gasteiger partial charge in [0.2, 0.25) is 0 Å². The van der Waals surface area contributed by atoms with Gasteiger partial charge in [-0.05, 0) is 44.1 Å². The Balaban J connectivity index is 1.59. The molecule has 0 N–H and O–H groups in total. The molecule has 1 aliphatic carbocycles. The zero-order chi connectivity index (χ0) is 9.31. The molecule has 0 amide bonds. The van der Waals surface area contributed by atoms with Crippen LogP contribution in [0.1, 0.15) is 32.1 Å². The van der Waals surface area contributed by atoms with Crippen LogP contribution < -0.4 is 0 Å². The van der Waals surface area contributed by atoms with Crippen LogP contribution in [0, 0.1) is 11.3 Å². The molecule has 0 aromatic carbocycles. The Labute approximate surface area is 80.3 Å². The van der Waals surface area contributed by atoms with Crippen LogP contribution in [0.25, 0.3) is 0 Å². The van der Waals surface area contributed by atoms with Crippen LogP contribution in [0.3, 0.4) is 0 Å². The first-order valence-electron chi connectivity index (χ1n) is 5.36. The fourth-order valence-corrected chi connectivity index (χ4v) is 3.22. The smallest absolute Gasteiger partial charge is 0.119 e. The molecule has 1 heterocycles. The van der Waals surface area contributed by atoms with Gasteiger partial charge in [-0.25, -0.2) is 0 Å². The predicted molar refractivity (Wildman–Crippen MR) is 52.6 cm³/mol.